The number of aromatic nitrogens is 2. The van der Waals surface area contributed by atoms with Crippen molar-refractivity contribution in [2.75, 3.05) is 19.8 Å². The van der Waals surface area contributed by atoms with Crippen LogP contribution in [0.5, 0.6) is 5.75 Å². The molecule has 0 amide bonds. The predicted octanol–water partition coefficient (Wildman–Crippen LogP) is 4.13. The van der Waals surface area contributed by atoms with Gasteiger partial charge in [-0.15, -0.1) is 0 Å². The number of likely N-dealkylation sites (N-methyl/N-ethyl adjacent to an activating group) is 1. The van der Waals surface area contributed by atoms with Gasteiger partial charge in [-0.3, -0.25) is 4.90 Å². The summed E-state index contributed by atoms with van der Waals surface area (Å²) in [5, 5.41) is 12.0. The lowest BCUT2D eigenvalue weighted by molar-refractivity contribution is -0.0340. The monoisotopic (exact) mass is 467 g/mol. The van der Waals surface area contributed by atoms with Crippen LogP contribution in [0.3, 0.4) is 0 Å². The van der Waals surface area contributed by atoms with Crippen molar-refractivity contribution in [1.82, 2.24) is 14.9 Å². The standard InChI is InChI=1S/C25H29N3O4S/c1-6-33(30,31)18-9-7-8-17(13-18)19-10-11-21(32-25(16(3)29)28(4)5)23-22(19)20-12-15(2)14-26-24(20)27-23/h7-14,16,25,29H,6H2,1-5H3,(H,26,27). The van der Waals surface area contributed by atoms with Crippen molar-refractivity contribution in [3.63, 3.8) is 0 Å². The average Bonchev–Trinajstić information content (AvgIpc) is 3.16. The molecule has 2 atom stereocenters. The number of ether oxygens (including phenoxy) is 1. The van der Waals surface area contributed by atoms with Crippen LogP contribution in [0.1, 0.15) is 19.4 Å². The lowest BCUT2D eigenvalue weighted by Crippen LogP contribution is -2.42. The van der Waals surface area contributed by atoms with Gasteiger partial charge in [0.1, 0.15) is 17.5 Å². The van der Waals surface area contributed by atoms with Crippen LogP contribution in [-0.2, 0) is 9.84 Å². The first-order chi connectivity index (χ1) is 15.6. The van der Waals surface area contributed by atoms with Gasteiger partial charge in [0.05, 0.1) is 16.2 Å². The number of fused-ring (bicyclic) bond motifs is 3. The Hall–Kier alpha value is -2.94. The van der Waals surface area contributed by atoms with E-state index in [1.807, 2.05) is 44.1 Å². The summed E-state index contributed by atoms with van der Waals surface area (Å²) in [4.78, 5) is 10.0. The minimum absolute atomic E-state index is 0.0418. The van der Waals surface area contributed by atoms with Crippen molar-refractivity contribution in [2.45, 2.75) is 38.0 Å². The van der Waals surface area contributed by atoms with Gasteiger partial charge < -0.3 is 14.8 Å². The van der Waals surface area contributed by atoms with Crippen LogP contribution in [0.25, 0.3) is 33.1 Å². The topological polar surface area (TPSA) is 95.5 Å². The highest BCUT2D eigenvalue weighted by Gasteiger charge is 2.23. The minimum atomic E-state index is -3.34. The van der Waals surface area contributed by atoms with Gasteiger partial charge in [0.25, 0.3) is 0 Å². The molecule has 4 rings (SSSR count). The number of rotatable bonds is 7. The van der Waals surface area contributed by atoms with E-state index in [-0.39, 0.29) is 5.75 Å². The number of aryl methyl sites for hydroxylation is 1. The molecule has 4 aromatic rings. The number of sulfone groups is 1. The van der Waals surface area contributed by atoms with E-state index in [9.17, 15) is 13.5 Å². The summed E-state index contributed by atoms with van der Waals surface area (Å²) in [6, 6.07) is 12.8. The summed E-state index contributed by atoms with van der Waals surface area (Å²) in [6.45, 7) is 5.31. The van der Waals surface area contributed by atoms with E-state index in [0.717, 1.165) is 33.0 Å². The third kappa shape index (κ3) is 4.34. The molecule has 0 aliphatic carbocycles. The fourth-order valence-electron chi connectivity index (χ4n) is 4.09. The van der Waals surface area contributed by atoms with E-state index in [4.69, 9.17) is 4.74 Å². The molecular formula is C25H29N3O4S. The third-order valence-corrected chi connectivity index (χ3v) is 7.49. The van der Waals surface area contributed by atoms with Crippen molar-refractivity contribution < 1.29 is 18.3 Å². The van der Waals surface area contributed by atoms with Crippen LogP contribution < -0.4 is 4.74 Å². The van der Waals surface area contributed by atoms with E-state index in [1.165, 1.54) is 0 Å². The molecule has 0 saturated heterocycles. The van der Waals surface area contributed by atoms with Crippen molar-refractivity contribution in [2.24, 2.45) is 0 Å². The summed E-state index contributed by atoms with van der Waals surface area (Å²) in [6.07, 6.45) is 0.540. The van der Waals surface area contributed by atoms with Crippen LogP contribution in [0.2, 0.25) is 0 Å². The smallest absolute Gasteiger partial charge is 0.178 e. The molecule has 2 aromatic carbocycles. The first-order valence-electron chi connectivity index (χ1n) is 10.9. The maximum atomic E-state index is 12.5. The van der Waals surface area contributed by atoms with Crippen LogP contribution in [-0.4, -0.2) is 60.6 Å². The Labute approximate surface area is 193 Å². The fourth-order valence-corrected chi connectivity index (χ4v) is 5.02. The number of benzene rings is 2. The fraction of sp³-hybridized carbons (Fsp3) is 0.320. The summed E-state index contributed by atoms with van der Waals surface area (Å²) in [7, 11) is 0.353. The number of pyridine rings is 1. The van der Waals surface area contributed by atoms with E-state index >= 15 is 0 Å². The molecule has 0 radical (unpaired) electrons. The second-order valence-electron chi connectivity index (χ2n) is 8.54. The van der Waals surface area contributed by atoms with Crippen LogP contribution in [0.15, 0.2) is 53.6 Å². The van der Waals surface area contributed by atoms with Crippen molar-refractivity contribution in [3.8, 4) is 16.9 Å². The van der Waals surface area contributed by atoms with Gasteiger partial charge >= 0.3 is 0 Å². The molecule has 174 valence electrons. The zero-order valence-electron chi connectivity index (χ0n) is 19.5. The highest BCUT2D eigenvalue weighted by Crippen LogP contribution is 2.40. The van der Waals surface area contributed by atoms with Gasteiger partial charge in [-0.25, -0.2) is 13.4 Å². The van der Waals surface area contributed by atoms with Crippen LogP contribution >= 0.6 is 0 Å². The molecule has 0 aliphatic rings. The van der Waals surface area contributed by atoms with Gasteiger partial charge in [0.2, 0.25) is 0 Å². The summed E-state index contributed by atoms with van der Waals surface area (Å²) >= 11 is 0. The van der Waals surface area contributed by atoms with E-state index in [1.54, 1.807) is 38.2 Å². The SMILES string of the molecule is CCS(=O)(=O)c1cccc(-c2ccc(OC(C(C)O)N(C)C)c3[nH]c4ncc(C)cc4c23)c1. The highest BCUT2D eigenvalue weighted by molar-refractivity contribution is 7.91. The molecule has 2 heterocycles. The second-order valence-corrected chi connectivity index (χ2v) is 10.8. The molecule has 0 aliphatic heterocycles. The Kier molecular flexibility index (Phi) is 6.18. The predicted molar refractivity (Wildman–Crippen MR) is 131 cm³/mol. The number of nitrogens with one attached hydrogen (secondary N) is 1. The van der Waals surface area contributed by atoms with Gasteiger partial charge in [0.15, 0.2) is 16.1 Å². The zero-order chi connectivity index (χ0) is 23.9. The molecule has 0 spiro atoms. The minimum Gasteiger partial charge on any atom is -0.470 e. The van der Waals surface area contributed by atoms with Crippen molar-refractivity contribution in [1.29, 1.82) is 0 Å². The van der Waals surface area contributed by atoms with Gasteiger partial charge in [-0.05, 0) is 75.0 Å². The number of nitrogens with zero attached hydrogens (tertiary/aromatic N) is 2. The molecule has 0 fully saturated rings. The second kappa shape index (κ2) is 8.78. The van der Waals surface area contributed by atoms with Gasteiger partial charge in [0, 0.05) is 17.0 Å². The van der Waals surface area contributed by atoms with Crippen LogP contribution in [0.4, 0.5) is 0 Å². The van der Waals surface area contributed by atoms with Crippen LogP contribution in [0, 0.1) is 6.92 Å². The van der Waals surface area contributed by atoms with E-state index < -0.39 is 22.2 Å². The Morgan fingerprint density at radius 3 is 2.61 bits per heavy atom. The third-order valence-electron chi connectivity index (χ3n) is 5.76. The maximum absolute atomic E-state index is 12.5. The Morgan fingerprint density at radius 1 is 1.18 bits per heavy atom. The lowest BCUT2D eigenvalue weighted by atomic mass is 9.99. The molecule has 7 nitrogen and oxygen atoms in total. The highest BCUT2D eigenvalue weighted by atomic mass is 32.2. The summed E-state index contributed by atoms with van der Waals surface area (Å²) in [5.74, 6) is 0.626. The number of hydrogen-bond acceptors (Lipinski definition) is 6. The van der Waals surface area contributed by atoms with Gasteiger partial charge in [-0.2, -0.15) is 0 Å². The normalized spacial score (nSPS) is 14.2. The Bertz CT molecular complexity index is 1420. The number of aliphatic hydroxyl groups excluding tert-OH is 1. The zero-order valence-corrected chi connectivity index (χ0v) is 20.3. The Morgan fingerprint density at radius 2 is 1.94 bits per heavy atom. The molecule has 8 heteroatoms. The molecule has 33 heavy (non-hydrogen) atoms. The number of aliphatic hydroxyl groups is 1. The maximum Gasteiger partial charge on any atom is 0.178 e. The molecular weight excluding hydrogens is 438 g/mol. The molecule has 2 aromatic heterocycles. The van der Waals surface area contributed by atoms with Crippen molar-refractivity contribution >= 4 is 31.8 Å². The molecule has 2 unspecified atom stereocenters. The summed E-state index contributed by atoms with van der Waals surface area (Å²) in [5.41, 5.74) is 4.14. The Balaban J connectivity index is 1.99. The number of H-pyrrole nitrogens is 1. The number of aromatic amines is 1. The first-order valence-corrected chi connectivity index (χ1v) is 12.5. The van der Waals surface area contributed by atoms with Crippen molar-refractivity contribution in [3.05, 3.63) is 54.2 Å². The largest absolute Gasteiger partial charge is 0.470 e. The average molecular weight is 468 g/mol. The quantitative estimate of drug-likeness (QED) is 0.397. The molecule has 2 N–H and O–H groups in total. The van der Waals surface area contributed by atoms with E-state index in [2.05, 4.69) is 16.0 Å². The summed E-state index contributed by atoms with van der Waals surface area (Å²) < 4.78 is 31.2. The number of hydrogen-bond donors (Lipinski definition) is 2. The molecule has 0 bridgehead atoms. The van der Waals surface area contributed by atoms with Gasteiger partial charge in [-0.1, -0.05) is 19.1 Å². The lowest BCUT2D eigenvalue weighted by Gasteiger charge is -2.28. The first kappa shape index (κ1) is 23.2. The van der Waals surface area contributed by atoms with E-state index in [0.29, 0.717) is 16.3 Å². The molecule has 0 saturated carbocycles.